The fourth-order valence-electron chi connectivity index (χ4n) is 2.06. The van der Waals surface area contributed by atoms with Gasteiger partial charge in [0.1, 0.15) is 6.07 Å². The number of anilines is 1. The predicted molar refractivity (Wildman–Crippen MR) is 83.2 cm³/mol. The number of rotatable bonds is 3. The Kier molecular flexibility index (Phi) is 4.50. The van der Waals surface area contributed by atoms with Crippen molar-refractivity contribution in [2.24, 2.45) is 0 Å². The molecule has 0 amide bonds. The predicted octanol–water partition coefficient (Wildman–Crippen LogP) is 2.72. The molecule has 0 radical (unpaired) electrons. The van der Waals surface area contributed by atoms with E-state index in [1.165, 1.54) is 18.3 Å². The van der Waals surface area contributed by atoms with E-state index in [1.807, 2.05) is 6.07 Å². The first-order valence-electron chi connectivity index (χ1n) is 6.03. The number of carbonyl (C=O) groups is 2. The fourth-order valence-corrected chi connectivity index (χ4v) is 2.65. The highest BCUT2D eigenvalue weighted by Gasteiger charge is 2.26. The molecule has 0 spiro atoms. The van der Waals surface area contributed by atoms with E-state index in [1.54, 1.807) is 0 Å². The van der Waals surface area contributed by atoms with Crippen molar-refractivity contribution < 1.29 is 19.4 Å². The molecule has 0 aliphatic carbocycles. The average Bonchev–Trinajstić information content (AvgIpc) is 2.82. The molecule has 1 aromatic carbocycles. The third-order valence-corrected chi connectivity index (χ3v) is 3.55. The second-order valence-corrected chi connectivity index (χ2v) is 5.21. The molecule has 0 bridgehead atoms. The zero-order chi connectivity index (χ0) is 17.3. The van der Waals surface area contributed by atoms with Gasteiger partial charge in [0.25, 0.3) is 0 Å². The number of nitrogen functional groups attached to an aromatic ring is 1. The lowest BCUT2D eigenvalue weighted by molar-refractivity contribution is 0.0591. The van der Waals surface area contributed by atoms with Gasteiger partial charge in [0.15, 0.2) is 5.69 Å². The van der Waals surface area contributed by atoms with Crippen molar-refractivity contribution in [2.45, 2.75) is 0 Å². The number of hydrogen-bond donors (Lipinski definition) is 2. The summed E-state index contributed by atoms with van der Waals surface area (Å²) in [4.78, 5) is 23.4. The number of ether oxygens (including phenoxy) is 1. The Balaban J connectivity index is 2.91. The topological polar surface area (TPSA) is 118 Å². The zero-order valence-corrected chi connectivity index (χ0v) is 13.1. The van der Waals surface area contributed by atoms with Gasteiger partial charge in [-0.25, -0.2) is 9.59 Å². The van der Waals surface area contributed by atoms with Gasteiger partial charge >= 0.3 is 11.9 Å². The van der Waals surface area contributed by atoms with Gasteiger partial charge in [-0.2, -0.15) is 5.26 Å². The number of carboxylic acids is 1. The molecule has 2 rings (SSSR count). The number of carboxylic acid groups (broad SMARTS) is 1. The van der Waals surface area contributed by atoms with Crippen LogP contribution in [0.4, 0.5) is 5.69 Å². The Bertz CT molecular complexity index is 868. The summed E-state index contributed by atoms with van der Waals surface area (Å²) in [6.07, 6.45) is 1.21. The van der Waals surface area contributed by atoms with Crippen molar-refractivity contribution in [1.29, 1.82) is 5.26 Å². The first-order valence-corrected chi connectivity index (χ1v) is 6.79. The smallest absolute Gasteiger partial charge is 0.357 e. The van der Waals surface area contributed by atoms with Crippen LogP contribution in [0.5, 0.6) is 0 Å². The van der Waals surface area contributed by atoms with Crippen LogP contribution in [-0.2, 0) is 4.74 Å². The molecule has 3 N–H and O–H groups in total. The van der Waals surface area contributed by atoms with Gasteiger partial charge in [-0.05, 0) is 12.1 Å². The maximum Gasteiger partial charge on any atom is 0.357 e. The SMILES string of the molecule is COC(=O)c1c(N)c(C#N)cn1-c1c(Cl)cc(Cl)cc1C(=O)O. The summed E-state index contributed by atoms with van der Waals surface area (Å²) >= 11 is 11.9. The van der Waals surface area contributed by atoms with Crippen LogP contribution in [-0.4, -0.2) is 28.7 Å². The number of nitrogens with two attached hydrogens (primary N) is 1. The Morgan fingerprint density at radius 2 is 2.04 bits per heavy atom. The Morgan fingerprint density at radius 1 is 1.39 bits per heavy atom. The van der Waals surface area contributed by atoms with Crippen molar-refractivity contribution in [3.05, 3.63) is 45.2 Å². The summed E-state index contributed by atoms with van der Waals surface area (Å²) in [5.41, 5.74) is 5.12. The molecule has 2 aromatic rings. The minimum atomic E-state index is -1.31. The largest absolute Gasteiger partial charge is 0.478 e. The molecule has 118 valence electrons. The fraction of sp³-hybridized carbons (Fsp3) is 0.0714. The molecule has 23 heavy (non-hydrogen) atoms. The van der Waals surface area contributed by atoms with E-state index >= 15 is 0 Å². The van der Waals surface area contributed by atoms with Gasteiger partial charge in [-0.3, -0.25) is 0 Å². The number of nitrogens with zero attached hydrogens (tertiary/aromatic N) is 2. The van der Waals surface area contributed by atoms with E-state index in [2.05, 4.69) is 4.74 Å². The molecule has 1 heterocycles. The molecule has 0 fully saturated rings. The summed E-state index contributed by atoms with van der Waals surface area (Å²) in [6, 6.07) is 4.30. The zero-order valence-electron chi connectivity index (χ0n) is 11.6. The molecule has 9 heteroatoms. The van der Waals surface area contributed by atoms with E-state index in [-0.39, 0.29) is 38.2 Å². The highest BCUT2D eigenvalue weighted by molar-refractivity contribution is 6.36. The minimum Gasteiger partial charge on any atom is -0.478 e. The van der Waals surface area contributed by atoms with Gasteiger partial charge in [0, 0.05) is 11.2 Å². The van der Waals surface area contributed by atoms with Gasteiger partial charge in [-0.15, -0.1) is 0 Å². The van der Waals surface area contributed by atoms with Gasteiger partial charge in [0.05, 0.1) is 34.6 Å². The molecular weight excluding hydrogens is 345 g/mol. The molecule has 0 saturated carbocycles. The third-order valence-electron chi connectivity index (χ3n) is 3.04. The van der Waals surface area contributed by atoms with E-state index < -0.39 is 11.9 Å². The summed E-state index contributed by atoms with van der Waals surface area (Å²) in [5.74, 6) is -2.16. The molecule has 0 aliphatic rings. The van der Waals surface area contributed by atoms with E-state index in [9.17, 15) is 14.7 Å². The lowest BCUT2D eigenvalue weighted by Gasteiger charge is -2.13. The standard InChI is InChI=1S/C14H9Cl2N3O4/c1-23-14(22)12-10(18)6(4-17)5-19(12)11-8(13(20)21)2-7(15)3-9(11)16/h2-3,5H,18H2,1H3,(H,20,21). The summed E-state index contributed by atoms with van der Waals surface area (Å²) in [5, 5.41) is 18.5. The van der Waals surface area contributed by atoms with E-state index in [0.717, 1.165) is 11.7 Å². The summed E-state index contributed by atoms with van der Waals surface area (Å²) in [7, 11) is 1.13. The van der Waals surface area contributed by atoms with Gasteiger partial charge in [0.2, 0.25) is 0 Å². The van der Waals surface area contributed by atoms with E-state index in [0.29, 0.717) is 0 Å². The van der Waals surface area contributed by atoms with Crippen LogP contribution in [0.3, 0.4) is 0 Å². The maximum atomic E-state index is 12.0. The molecular formula is C14H9Cl2N3O4. The van der Waals surface area contributed by atoms with Crippen LogP contribution in [0.25, 0.3) is 5.69 Å². The maximum absolute atomic E-state index is 12.0. The summed E-state index contributed by atoms with van der Waals surface area (Å²) in [6.45, 7) is 0. The number of methoxy groups -OCH3 is 1. The van der Waals surface area contributed by atoms with Crippen LogP contribution in [0, 0.1) is 11.3 Å². The number of hydrogen-bond acceptors (Lipinski definition) is 5. The lowest BCUT2D eigenvalue weighted by Crippen LogP contribution is -2.14. The molecule has 0 aliphatic heterocycles. The monoisotopic (exact) mass is 353 g/mol. The van der Waals surface area contributed by atoms with Gasteiger partial charge in [-0.1, -0.05) is 23.2 Å². The number of nitriles is 1. The average molecular weight is 354 g/mol. The normalized spacial score (nSPS) is 10.2. The Labute approximate surface area is 140 Å². The Morgan fingerprint density at radius 3 is 2.57 bits per heavy atom. The number of aromatic carboxylic acids is 1. The highest BCUT2D eigenvalue weighted by Crippen LogP contribution is 2.33. The first-order chi connectivity index (χ1) is 10.8. The Hall–Kier alpha value is -2.69. The first kappa shape index (κ1) is 16.7. The number of carbonyl (C=O) groups excluding carboxylic acids is 1. The van der Waals surface area contributed by atoms with Gasteiger partial charge < -0.3 is 20.1 Å². The second kappa shape index (κ2) is 6.20. The number of benzene rings is 1. The summed E-state index contributed by atoms with van der Waals surface area (Å²) < 4.78 is 5.75. The number of aromatic nitrogens is 1. The highest BCUT2D eigenvalue weighted by atomic mass is 35.5. The van der Waals surface area contributed by atoms with Crippen molar-refractivity contribution in [2.75, 3.05) is 12.8 Å². The van der Waals surface area contributed by atoms with E-state index in [4.69, 9.17) is 34.2 Å². The second-order valence-electron chi connectivity index (χ2n) is 4.37. The number of halogens is 2. The molecule has 7 nitrogen and oxygen atoms in total. The quantitative estimate of drug-likeness (QED) is 0.818. The van der Waals surface area contributed by atoms with Crippen molar-refractivity contribution in [1.82, 2.24) is 4.57 Å². The molecule has 0 unspecified atom stereocenters. The molecule has 0 saturated heterocycles. The molecule has 1 aromatic heterocycles. The van der Waals surface area contributed by atoms with Crippen LogP contribution in [0.2, 0.25) is 10.0 Å². The van der Waals surface area contributed by atoms with Crippen LogP contribution < -0.4 is 5.73 Å². The number of esters is 1. The van der Waals surface area contributed by atoms with Crippen LogP contribution in [0.1, 0.15) is 26.4 Å². The van der Waals surface area contributed by atoms with Crippen molar-refractivity contribution in [3.63, 3.8) is 0 Å². The minimum absolute atomic E-state index is 0.0206. The molecule has 0 atom stereocenters. The third kappa shape index (κ3) is 2.82. The van der Waals surface area contributed by atoms with Crippen molar-refractivity contribution in [3.8, 4) is 11.8 Å². The lowest BCUT2D eigenvalue weighted by atomic mass is 10.1. The van der Waals surface area contributed by atoms with Crippen LogP contribution in [0.15, 0.2) is 18.3 Å². The van der Waals surface area contributed by atoms with Crippen molar-refractivity contribution >= 4 is 40.8 Å². The van der Waals surface area contributed by atoms with Crippen LogP contribution >= 0.6 is 23.2 Å².